The lowest BCUT2D eigenvalue weighted by Crippen LogP contribution is -2.22. The minimum Gasteiger partial charge on any atom is -0.338 e. The zero-order chi connectivity index (χ0) is 20.5. The van der Waals surface area contributed by atoms with Gasteiger partial charge in [-0.2, -0.15) is 4.98 Å². The quantitative estimate of drug-likeness (QED) is 0.225. The van der Waals surface area contributed by atoms with Gasteiger partial charge in [0.15, 0.2) is 11.0 Å². The number of aromatic nitrogens is 4. The molecule has 8 heteroatoms. The number of thiophene rings is 1. The van der Waals surface area contributed by atoms with E-state index in [-0.39, 0.29) is 5.56 Å². The summed E-state index contributed by atoms with van der Waals surface area (Å²) in [6.07, 6.45) is 4.67. The Morgan fingerprint density at radius 1 is 1.27 bits per heavy atom. The molecule has 0 atom stereocenters. The third kappa shape index (κ3) is 3.85. The number of allylic oxidation sites excluding steroid dienone is 1. The number of hydrogen-bond donors (Lipinski definition) is 0. The molecule has 1 aliphatic carbocycles. The summed E-state index contributed by atoms with van der Waals surface area (Å²) in [4.78, 5) is 23.3. The van der Waals surface area contributed by atoms with E-state index in [4.69, 9.17) is 9.51 Å². The summed E-state index contributed by atoms with van der Waals surface area (Å²) < 4.78 is 7.10. The Morgan fingerprint density at radius 3 is 2.87 bits per heavy atom. The molecule has 1 saturated carbocycles. The van der Waals surface area contributed by atoms with Crippen LogP contribution in [0.4, 0.5) is 0 Å². The smallest absolute Gasteiger partial charge is 0.263 e. The van der Waals surface area contributed by atoms with Crippen LogP contribution >= 0.6 is 23.1 Å². The molecule has 30 heavy (non-hydrogen) atoms. The Balaban J connectivity index is 1.38. The number of nitrogens with zero attached hydrogens (tertiary/aromatic N) is 4. The second kappa shape index (κ2) is 8.20. The molecule has 5 rings (SSSR count). The Labute approximate surface area is 181 Å². The van der Waals surface area contributed by atoms with Gasteiger partial charge >= 0.3 is 0 Å². The molecular weight excluding hydrogens is 416 g/mol. The predicted molar refractivity (Wildman–Crippen MR) is 119 cm³/mol. The van der Waals surface area contributed by atoms with Crippen molar-refractivity contribution in [2.24, 2.45) is 0 Å². The van der Waals surface area contributed by atoms with E-state index in [0.29, 0.717) is 41.5 Å². The normalized spacial score (nSPS) is 13.7. The summed E-state index contributed by atoms with van der Waals surface area (Å²) >= 11 is 2.99. The monoisotopic (exact) mass is 436 g/mol. The second-order valence-electron chi connectivity index (χ2n) is 7.30. The summed E-state index contributed by atoms with van der Waals surface area (Å²) in [5.41, 5.74) is 2.30. The molecule has 4 aromatic rings. The SMILES string of the molecule is C=CCn1c(SCc2nc(Cc3ccccc3)no2)nc2scc(C3CC3)c2c1=O. The number of hydrogen-bond acceptors (Lipinski definition) is 7. The predicted octanol–water partition coefficient (Wildman–Crippen LogP) is 4.79. The van der Waals surface area contributed by atoms with E-state index in [1.54, 1.807) is 22.0 Å². The average molecular weight is 437 g/mol. The third-order valence-electron chi connectivity index (χ3n) is 5.06. The Hall–Kier alpha value is -2.71. The molecule has 0 N–H and O–H groups in total. The van der Waals surface area contributed by atoms with Crippen LogP contribution in [0.5, 0.6) is 0 Å². The molecule has 152 valence electrons. The lowest BCUT2D eigenvalue weighted by atomic mass is 10.1. The number of rotatable bonds is 8. The Bertz CT molecular complexity index is 1260. The maximum absolute atomic E-state index is 13.2. The Kier molecular flexibility index (Phi) is 5.26. The van der Waals surface area contributed by atoms with Crippen LogP contribution in [0.15, 0.2) is 62.8 Å². The number of fused-ring (bicyclic) bond motifs is 1. The number of benzene rings is 1. The molecule has 0 bridgehead atoms. The molecule has 3 aromatic heterocycles. The molecule has 0 saturated heterocycles. The van der Waals surface area contributed by atoms with Crippen molar-refractivity contribution in [1.82, 2.24) is 19.7 Å². The van der Waals surface area contributed by atoms with Gasteiger partial charge in [0.2, 0.25) is 5.89 Å². The van der Waals surface area contributed by atoms with Crippen LogP contribution < -0.4 is 5.56 Å². The van der Waals surface area contributed by atoms with Crippen molar-refractivity contribution in [2.45, 2.75) is 42.6 Å². The van der Waals surface area contributed by atoms with Gasteiger partial charge in [0, 0.05) is 13.0 Å². The first-order valence-corrected chi connectivity index (χ1v) is 11.7. The van der Waals surface area contributed by atoms with Crippen LogP contribution in [0.2, 0.25) is 0 Å². The van der Waals surface area contributed by atoms with Crippen molar-refractivity contribution in [3.63, 3.8) is 0 Å². The molecule has 0 radical (unpaired) electrons. The minimum atomic E-state index is 0.0147. The van der Waals surface area contributed by atoms with Crippen LogP contribution in [0.1, 0.15) is 41.6 Å². The molecule has 1 aliphatic rings. The Morgan fingerprint density at radius 2 is 2.10 bits per heavy atom. The molecule has 0 unspecified atom stereocenters. The first-order chi connectivity index (χ1) is 14.7. The first-order valence-electron chi connectivity index (χ1n) is 9.84. The maximum atomic E-state index is 13.2. The van der Waals surface area contributed by atoms with Crippen LogP contribution in [-0.2, 0) is 18.7 Å². The highest BCUT2D eigenvalue weighted by Gasteiger charge is 2.28. The van der Waals surface area contributed by atoms with Crippen molar-refractivity contribution in [1.29, 1.82) is 0 Å². The summed E-state index contributed by atoms with van der Waals surface area (Å²) in [5.74, 6) is 2.15. The van der Waals surface area contributed by atoms with E-state index in [2.05, 4.69) is 22.1 Å². The fraction of sp³-hybridized carbons (Fsp3) is 0.273. The van der Waals surface area contributed by atoms with Crippen molar-refractivity contribution in [3.05, 3.63) is 81.6 Å². The van der Waals surface area contributed by atoms with Gasteiger partial charge in [0.05, 0.1) is 11.1 Å². The fourth-order valence-electron chi connectivity index (χ4n) is 3.45. The molecule has 1 aromatic carbocycles. The lowest BCUT2D eigenvalue weighted by molar-refractivity contribution is 0.385. The molecule has 3 heterocycles. The van der Waals surface area contributed by atoms with E-state index >= 15 is 0 Å². The largest absolute Gasteiger partial charge is 0.338 e. The zero-order valence-corrected chi connectivity index (χ0v) is 17.9. The molecular formula is C22H20N4O2S2. The van der Waals surface area contributed by atoms with Gasteiger partial charge in [-0.05, 0) is 35.3 Å². The van der Waals surface area contributed by atoms with Gasteiger partial charge < -0.3 is 4.52 Å². The van der Waals surface area contributed by atoms with Gasteiger partial charge in [0.25, 0.3) is 5.56 Å². The molecule has 1 fully saturated rings. The molecule has 0 amide bonds. The van der Waals surface area contributed by atoms with Crippen LogP contribution in [-0.4, -0.2) is 19.7 Å². The zero-order valence-electron chi connectivity index (χ0n) is 16.3. The maximum Gasteiger partial charge on any atom is 0.263 e. The molecule has 0 aliphatic heterocycles. The molecule has 0 spiro atoms. The van der Waals surface area contributed by atoms with Crippen LogP contribution in [0, 0.1) is 0 Å². The van der Waals surface area contributed by atoms with Crippen molar-refractivity contribution in [3.8, 4) is 0 Å². The van der Waals surface area contributed by atoms with Gasteiger partial charge in [-0.3, -0.25) is 9.36 Å². The van der Waals surface area contributed by atoms with E-state index < -0.39 is 0 Å². The van der Waals surface area contributed by atoms with Crippen molar-refractivity contribution < 1.29 is 4.52 Å². The second-order valence-corrected chi connectivity index (χ2v) is 9.10. The highest BCUT2D eigenvalue weighted by atomic mass is 32.2. The van der Waals surface area contributed by atoms with E-state index in [9.17, 15) is 4.79 Å². The standard InChI is InChI=1S/C22H20N4O2S2/c1-2-10-26-21(27)19-16(15-8-9-15)12-29-20(19)24-22(26)30-13-18-23-17(25-28-18)11-14-6-4-3-5-7-14/h2-7,12,15H,1,8-11,13H2. The third-order valence-corrected chi connectivity index (χ3v) is 6.91. The highest BCUT2D eigenvalue weighted by Crippen LogP contribution is 2.44. The fourth-order valence-corrected chi connectivity index (χ4v) is 5.35. The summed E-state index contributed by atoms with van der Waals surface area (Å²) in [6.45, 7) is 4.23. The van der Waals surface area contributed by atoms with Crippen molar-refractivity contribution >= 4 is 33.3 Å². The van der Waals surface area contributed by atoms with E-state index in [0.717, 1.165) is 34.2 Å². The average Bonchev–Trinajstić information content (AvgIpc) is 3.36. The summed E-state index contributed by atoms with van der Waals surface area (Å²) in [6, 6.07) is 10.0. The van der Waals surface area contributed by atoms with Gasteiger partial charge in [-0.25, -0.2) is 4.98 Å². The first kappa shape index (κ1) is 19.3. The highest BCUT2D eigenvalue weighted by molar-refractivity contribution is 7.98. The van der Waals surface area contributed by atoms with E-state index in [1.807, 2.05) is 30.3 Å². The summed E-state index contributed by atoms with van der Waals surface area (Å²) in [7, 11) is 0. The topological polar surface area (TPSA) is 73.8 Å². The molecule has 6 nitrogen and oxygen atoms in total. The van der Waals surface area contributed by atoms with Crippen molar-refractivity contribution in [2.75, 3.05) is 0 Å². The minimum absolute atomic E-state index is 0.0147. The van der Waals surface area contributed by atoms with Gasteiger partial charge in [-0.15, -0.1) is 17.9 Å². The van der Waals surface area contributed by atoms with Gasteiger partial charge in [0.1, 0.15) is 4.83 Å². The van der Waals surface area contributed by atoms with Crippen LogP contribution in [0.25, 0.3) is 10.2 Å². The summed E-state index contributed by atoms with van der Waals surface area (Å²) in [5, 5.41) is 7.60. The van der Waals surface area contributed by atoms with Crippen LogP contribution in [0.3, 0.4) is 0 Å². The van der Waals surface area contributed by atoms with Gasteiger partial charge in [-0.1, -0.05) is 53.3 Å². The van der Waals surface area contributed by atoms with E-state index in [1.165, 1.54) is 11.8 Å². The lowest BCUT2D eigenvalue weighted by Gasteiger charge is -2.09. The number of thioether (sulfide) groups is 1.